The standard InChI is InChI=1S/C17H29N5O2/c1-6-15(23)22-9-7-8-21(10-11-22)14(4)17(24)18-16-12(2)19-20(5)13(16)3/h14H,6-11H2,1-5H3,(H,18,24). The Morgan fingerprint density at radius 1 is 1.21 bits per heavy atom. The maximum absolute atomic E-state index is 12.6. The van der Waals surface area contributed by atoms with Crippen molar-refractivity contribution in [3.05, 3.63) is 11.4 Å². The van der Waals surface area contributed by atoms with E-state index in [-0.39, 0.29) is 17.9 Å². The van der Waals surface area contributed by atoms with Crippen LogP contribution in [0, 0.1) is 13.8 Å². The van der Waals surface area contributed by atoms with Crippen molar-refractivity contribution in [1.82, 2.24) is 19.6 Å². The third-order valence-corrected chi connectivity index (χ3v) is 4.87. The molecule has 7 heteroatoms. The molecule has 0 aromatic carbocycles. The van der Waals surface area contributed by atoms with Gasteiger partial charge in [-0.2, -0.15) is 5.10 Å². The van der Waals surface area contributed by atoms with Crippen LogP contribution in [0.25, 0.3) is 0 Å². The Labute approximate surface area is 144 Å². The van der Waals surface area contributed by atoms with E-state index in [1.54, 1.807) is 4.68 Å². The molecule has 1 aromatic heterocycles. The predicted octanol–water partition coefficient (Wildman–Crippen LogP) is 1.31. The van der Waals surface area contributed by atoms with E-state index in [1.165, 1.54) is 0 Å². The predicted molar refractivity (Wildman–Crippen MR) is 93.8 cm³/mol. The van der Waals surface area contributed by atoms with Crippen molar-refractivity contribution in [2.24, 2.45) is 7.05 Å². The molecule has 2 heterocycles. The molecule has 24 heavy (non-hydrogen) atoms. The molecule has 7 nitrogen and oxygen atoms in total. The summed E-state index contributed by atoms with van der Waals surface area (Å²) in [5, 5.41) is 7.35. The van der Waals surface area contributed by atoms with Crippen molar-refractivity contribution in [3.8, 4) is 0 Å². The number of nitrogens with zero attached hydrogens (tertiary/aromatic N) is 4. The molecule has 1 atom stereocenters. The summed E-state index contributed by atoms with van der Waals surface area (Å²) in [5.74, 6) is 0.167. The van der Waals surface area contributed by atoms with Crippen LogP contribution in [0.4, 0.5) is 5.69 Å². The Balaban J connectivity index is 1.99. The highest BCUT2D eigenvalue weighted by Crippen LogP contribution is 2.19. The number of anilines is 1. The second kappa shape index (κ2) is 7.79. The Morgan fingerprint density at radius 3 is 2.50 bits per heavy atom. The highest BCUT2D eigenvalue weighted by molar-refractivity contribution is 5.95. The molecule has 2 rings (SSSR count). The molecule has 1 aliphatic rings. The Hall–Kier alpha value is -1.89. The highest BCUT2D eigenvalue weighted by atomic mass is 16.2. The van der Waals surface area contributed by atoms with Gasteiger partial charge >= 0.3 is 0 Å². The largest absolute Gasteiger partial charge is 0.341 e. The number of rotatable bonds is 4. The molecule has 0 spiro atoms. The summed E-state index contributed by atoms with van der Waals surface area (Å²) in [6, 6.07) is -0.235. The number of amides is 2. The molecule has 1 N–H and O–H groups in total. The first-order chi connectivity index (χ1) is 11.3. The van der Waals surface area contributed by atoms with Crippen molar-refractivity contribution >= 4 is 17.5 Å². The zero-order valence-electron chi connectivity index (χ0n) is 15.4. The molecular formula is C17H29N5O2. The number of carbonyl (C=O) groups is 2. The van der Waals surface area contributed by atoms with Gasteiger partial charge in [-0.3, -0.25) is 19.2 Å². The average molecular weight is 335 g/mol. The van der Waals surface area contributed by atoms with Crippen molar-refractivity contribution in [3.63, 3.8) is 0 Å². The van der Waals surface area contributed by atoms with Gasteiger partial charge in [-0.25, -0.2) is 0 Å². The summed E-state index contributed by atoms with van der Waals surface area (Å²) in [5.41, 5.74) is 2.57. The SMILES string of the molecule is CCC(=O)N1CCCN(C(C)C(=O)Nc2c(C)nn(C)c2C)CC1. The smallest absolute Gasteiger partial charge is 0.241 e. The quantitative estimate of drug-likeness (QED) is 0.901. The first kappa shape index (κ1) is 18.4. The number of aryl methyl sites for hydroxylation is 2. The summed E-state index contributed by atoms with van der Waals surface area (Å²) in [6.45, 7) is 10.7. The van der Waals surface area contributed by atoms with E-state index < -0.39 is 0 Å². The third-order valence-electron chi connectivity index (χ3n) is 4.87. The summed E-state index contributed by atoms with van der Waals surface area (Å²) in [4.78, 5) is 28.6. The van der Waals surface area contributed by atoms with Crippen molar-refractivity contribution < 1.29 is 9.59 Å². The van der Waals surface area contributed by atoms with E-state index in [9.17, 15) is 9.59 Å². The van der Waals surface area contributed by atoms with Crippen LogP contribution in [0.1, 0.15) is 38.1 Å². The van der Waals surface area contributed by atoms with Crippen LogP contribution in [-0.4, -0.2) is 63.6 Å². The number of hydrogen-bond acceptors (Lipinski definition) is 4. The summed E-state index contributed by atoms with van der Waals surface area (Å²) < 4.78 is 1.77. The lowest BCUT2D eigenvalue weighted by Crippen LogP contribution is -2.44. The first-order valence-electron chi connectivity index (χ1n) is 8.68. The van der Waals surface area contributed by atoms with Gasteiger partial charge in [0.15, 0.2) is 0 Å². The number of aromatic nitrogens is 2. The maximum Gasteiger partial charge on any atom is 0.241 e. The van der Waals surface area contributed by atoms with Crippen LogP contribution < -0.4 is 5.32 Å². The van der Waals surface area contributed by atoms with Crippen LogP contribution >= 0.6 is 0 Å². The van der Waals surface area contributed by atoms with Crippen LogP contribution in [0.5, 0.6) is 0 Å². The van der Waals surface area contributed by atoms with Gasteiger partial charge in [0.1, 0.15) is 0 Å². The lowest BCUT2D eigenvalue weighted by molar-refractivity contribution is -0.130. The molecular weight excluding hydrogens is 306 g/mol. The maximum atomic E-state index is 12.6. The van der Waals surface area contributed by atoms with Crippen molar-refractivity contribution in [2.45, 2.75) is 46.6 Å². The van der Waals surface area contributed by atoms with Crippen LogP contribution in [-0.2, 0) is 16.6 Å². The van der Waals surface area contributed by atoms with Crippen LogP contribution in [0.15, 0.2) is 0 Å². The van der Waals surface area contributed by atoms with E-state index in [0.29, 0.717) is 13.0 Å². The van der Waals surface area contributed by atoms with E-state index in [0.717, 1.165) is 43.1 Å². The van der Waals surface area contributed by atoms with E-state index in [4.69, 9.17) is 0 Å². The molecule has 1 aromatic rings. The minimum absolute atomic E-state index is 0.0236. The summed E-state index contributed by atoms with van der Waals surface area (Å²) in [7, 11) is 1.87. The zero-order valence-corrected chi connectivity index (χ0v) is 15.4. The van der Waals surface area contributed by atoms with Gasteiger partial charge in [0.25, 0.3) is 0 Å². The van der Waals surface area contributed by atoms with Gasteiger partial charge in [-0.05, 0) is 27.2 Å². The molecule has 0 aliphatic carbocycles. The number of hydrogen-bond donors (Lipinski definition) is 1. The normalized spacial score (nSPS) is 17.5. The minimum Gasteiger partial charge on any atom is -0.341 e. The molecule has 2 amide bonds. The van der Waals surface area contributed by atoms with Gasteiger partial charge in [-0.15, -0.1) is 0 Å². The van der Waals surface area contributed by atoms with Gasteiger partial charge < -0.3 is 10.2 Å². The zero-order chi connectivity index (χ0) is 17.9. The molecule has 1 saturated heterocycles. The Kier molecular flexibility index (Phi) is 5.99. The third kappa shape index (κ3) is 3.95. The lowest BCUT2D eigenvalue weighted by atomic mass is 10.2. The van der Waals surface area contributed by atoms with Gasteiger partial charge in [-0.1, -0.05) is 6.92 Å². The van der Waals surface area contributed by atoms with E-state index >= 15 is 0 Å². The van der Waals surface area contributed by atoms with Crippen LogP contribution in [0.2, 0.25) is 0 Å². The summed E-state index contributed by atoms with van der Waals surface area (Å²) in [6.07, 6.45) is 1.43. The highest BCUT2D eigenvalue weighted by Gasteiger charge is 2.26. The Bertz CT molecular complexity index is 610. The Morgan fingerprint density at radius 2 is 1.92 bits per heavy atom. The second-order valence-electron chi connectivity index (χ2n) is 6.46. The number of nitrogens with one attached hydrogen (secondary N) is 1. The van der Waals surface area contributed by atoms with Gasteiger partial charge in [0.2, 0.25) is 11.8 Å². The molecule has 1 fully saturated rings. The van der Waals surface area contributed by atoms with Crippen molar-refractivity contribution in [2.75, 3.05) is 31.5 Å². The molecule has 1 aliphatic heterocycles. The molecule has 1 unspecified atom stereocenters. The summed E-state index contributed by atoms with van der Waals surface area (Å²) >= 11 is 0. The number of carbonyl (C=O) groups excluding carboxylic acids is 2. The minimum atomic E-state index is -0.235. The van der Waals surface area contributed by atoms with Crippen LogP contribution in [0.3, 0.4) is 0 Å². The fourth-order valence-electron chi connectivity index (χ4n) is 3.15. The van der Waals surface area contributed by atoms with Gasteiger partial charge in [0.05, 0.1) is 23.1 Å². The monoisotopic (exact) mass is 335 g/mol. The fourth-order valence-corrected chi connectivity index (χ4v) is 3.15. The first-order valence-corrected chi connectivity index (χ1v) is 8.68. The second-order valence-corrected chi connectivity index (χ2v) is 6.46. The topological polar surface area (TPSA) is 70.5 Å². The van der Waals surface area contributed by atoms with E-state index in [2.05, 4.69) is 15.3 Å². The van der Waals surface area contributed by atoms with E-state index in [1.807, 2.05) is 39.6 Å². The molecule has 0 radical (unpaired) electrons. The molecule has 0 bridgehead atoms. The molecule has 134 valence electrons. The van der Waals surface area contributed by atoms with Crippen molar-refractivity contribution in [1.29, 1.82) is 0 Å². The molecule has 0 saturated carbocycles. The van der Waals surface area contributed by atoms with Gasteiger partial charge in [0, 0.05) is 39.6 Å². The fraction of sp³-hybridized carbons (Fsp3) is 0.706. The lowest BCUT2D eigenvalue weighted by Gasteiger charge is -2.27. The average Bonchev–Trinajstić information content (AvgIpc) is 2.77.